The van der Waals surface area contributed by atoms with Crippen molar-refractivity contribution in [3.05, 3.63) is 71.6 Å². The van der Waals surface area contributed by atoms with Crippen LogP contribution in [0.2, 0.25) is 0 Å². The van der Waals surface area contributed by atoms with Crippen molar-refractivity contribution in [1.29, 1.82) is 0 Å². The molecule has 1 amide bonds. The number of benzene rings is 2. The summed E-state index contributed by atoms with van der Waals surface area (Å²) in [7, 11) is 0. The number of carbonyl (C=O) groups is 1. The second-order valence-corrected chi connectivity index (χ2v) is 6.15. The molecular formula is C19H17FN4O. The summed E-state index contributed by atoms with van der Waals surface area (Å²) in [5.41, 5.74) is 3.52. The molecule has 4 rings (SSSR count). The molecule has 1 aliphatic rings. The molecule has 1 aliphatic heterocycles. The predicted octanol–water partition coefficient (Wildman–Crippen LogP) is 3.31. The highest BCUT2D eigenvalue weighted by Gasteiger charge is 2.27. The van der Waals surface area contributed by atoms with Crippen molar-refractivity contribution in [2.45, 2.75) is 19.8 Å². The summed E-state index contributed by atoms with van der Waals surface area (Å²) < 4.78 is 16.0. The van der Waals surface area contributed by atoms with E-state index in [0.717, 1.165) is 29.7 Å². The molecule has 0 atom stereocenters. The van der Waals surface area contributed by atoms with Gasteiger partial charge in [0.2, 0.25) is 0 Å². The second kappa shape index (κ2) is 6.12. The number of aryl methyl sites for hydroxylation is 2. The summed E-state index contributed by atoms with van der Waals surface area (Å²) in [6, 6.07) is 10.5. The quantitative estimate of drug-likeness (QED) is 0.721. The fourth-order valence-corrected chi connectivity index (χ4v) is 3.32. The topological polar surface area (TPSA) is 51.0 Å². The highest BCUT2D eigenvalue weighted by molar-refractivity contribution is 6.07. The SMILES string of the molecule is Cc1cc(-n2cncn2)ccc1C(=O)N1CCCc2cccc(F)c21. The number of hydrogen-bond donors (Lipinski definition) is 0. The molecule has 0 unspecified atom stereocenters. The molecule has 0 spiro atoms. The maximum absolute atomic E-state index is 14.3. The first-order chi connectivity index (χ1) is 12.1. The van der Waals surface area contributed by atoms with E-state index in [1.807, 2.05) is 25.1 Å². The number of aromatic nitrogens is 3. The standard InChI is InChI=1S/C19H17FN4O/c1-13-10-15(24-12-21-11-22-24)7-8-16(13)19(25)23-9-3-5-14-4-2-6-17(20)18(14)23/h2,4,6-8,10-12H,3,5,9H2,1H3. The van der Waals surface area contributed by atoms with E-state index in [4.69, 9.17) is 0 Å². The van der Waals surface area contributed by atoms with E-state index < -0.39 is 0 Å². The van der Waals surface area contributed by atoms with Gasteiger partial charge in [0.05, 0.1) is 11.4 Å². The molecule has 0 bridgehead atoms. The number of amides is 1. The highest BCUT2D eigenvalue weighted by atomic mass is 19.1. The molecule has 0 aliphatic carbocycles. The van der Waals surface area contributed by atoms with Crippen LogP contribution in [-0.2, 0) is 6.42 Å². The summed E-state index contributed by atoms with van der Waals surface area (Å²) in [6.45, 7) is 2.40. The number of anilines is 1. The van der Waals surface area contributed by atoms with Gasteiger partial charge in [0.15, 0.2) is 0 Å². The van der Waals surface area contributed by atoms with Gasteiger partial charge >= 0.3 is 0 Å². The van der Waals surface area contributed by atoms with Crippen LogP contribution >= 0.6 is 0 Å². The summed E-state index contributed by atoms with van der Waals surface area (Å²) in [4.78, 5) is 18.5. The lowest BCUT2D eigenvalue weighted by molar-refractivity contribution is 0.0983. The van der Waals surface area contributed by atoms with E-state index in [9.17, 15) is 9.18 Å². The van der Waals surface area contributed by atoms with Crippen LogP contribution in [0.4, 0.5) is 10.1 Å². The molecule has 0 saturated carbocycles. The van der Waals surface area contributed by atoms with E-state index in [0.29, 0.717) is 17.8 Å². The highest BCUT2D eigenvalue weighted by Crippen LogP contribution is 2.31. The third-order valence-electron chi connectivity index (χ3n) is 4.54. The number of para-hydroxylation sites is 1. The molecule has 1 aromatic heterocycles. The van der Waals surface area contributed by atoms with Gasteiger partial charge in [-0.25, -0.2) is 14.1 Å². The predicted molar refractivity (Wildman–Crippen MR) is 92.5 cm³/mol. The fourth-order valence-electron chi connectivity index (χ4n) is 3.32. The molecule has 25 heavy (non-hydrogen) atoms. The van der Waals surface area contributed by atoms with Crippen LogP contribution in [0, 0.1) is 12.7 Å². The van der Waals surface area contributed by atoms with Crippen LogP contribution in [0.1, 0.15) is 27.9 Å². The van der Waals surface area contributed by atoms with Crippen molar-refractivity contribution < 1.29 is 9.18 Å². The van der Waals surface area contributed by atoms with Gasteiger partial charge in [0, 0.05) is 12.1 Å². The molecule has 0 radical (unpaired) electrons. The molecule has 0 fully saturated rings. The van der Waals surface area contributed by atoms with Crippen molar-refractivity contribution >= 4 is 11.6 Å². The summed E-state index contributed by atoms with van der Waals surface area (Å²) in [5.74, 6) is -0.517. The lowest BCUT2D eigenvalue weighted by Crippen LogP contribution is -2.36. The van der Waals surface area contributed by atoms with Crippen LogP contribution in [-0.4, -0.2) is 27.2 Å². The van der Waals surface area contributed by atoms with Crippen LogP contribution in [0.25, 0.3) is 5.69 Å². The Bertz CT molecular complexity index is 937. The number of rotatable bonds is 2. The van der Waals surface area contributed by atoms with Gasteiger partial charge < -0.3 is 4.90 Å². The number of halogens is 1. The molecule has 6 heteroatoms. The lowest BCUT2D eigenvalue weighted by Gasteiger charge is -2.30. The average Bonchev–Trinajstić information content (AvgIpc) is 3.15. The van der Waals surface area contributed by atoms with Crippen molar-refractivity contribution in [3.8, 4) is 5.69 Å². The van der Waals surface area contributed by atoms with Gasteiger partial charge in [-0.15, -0.1) is 0 Å². The minimum Gasteiger partial charge on any atom is -0.305 e. The van der Waals surface area contributed by atoms with E-state index >= 15 is 0 Å². The third-order valence-corrected chi connectivity index (χ3v) is 4.54. The second-order valence-electron chi connectivity index (χ2n) is 6.15. The van der Waals surface area contributed by atoms with E-state index in [1.54, 1.807) is 28.0 Å². The Balaban J connectivity index is 1.71. The number of carbonyl (C=O) groups excluding carboxylic acids is 1. The fraction of sp³-hybridized carbons (Fsp3) is 0.211. The Kier molecular flexibility index (Phi) is 3.80. The zero-order chi connectivity index (χ0) is 17.4. The number of hydrogen-bond acceptors (Lipinski definition) is 3. The van der Waals surface area contributed by atoms with E-state index in [-0.39, 0.29) is 11.7 Å². The normalized spacial score (nSPS) is 13.6. The molecule has 126 valence electrons. The zero-order valence-electron chi connectivity index (χ0n) is 13.8. The molecule has 0 N–H and O–H groups in total. The summed E-state index contributed by atoms with van der Waals surface area (Å²) >= 11 is 0. The molecule has 2 aromatic carbocycles. The van der Waals surface area contributed by atoms with Gasteiger partial charge in [0.1, 0.15) is 18.5 Å². The number of nitrogens with zero attached hydrogens (tertiary/aromatic N) is 4. The average molecular weight is 336 g/mol. The Labute approximate surface area is 144 Å². The zero-order valence-corrected chi connectivity index (χ0v) is 13.8. The smallest absolute Gasteiger partial charge is 0.258 e. The van der Waals surface area contributed by atoms with Crippen LogP contribution in [0.15, 0.2) is 49.1 Å². The first-order valence-corrected chi connectivity index (χ1v) is 8.20. The lowest BCUT2D eigenvalue weighted by atomic mass is 9.99. The van der Waals surface area contributed by atoms with Crippen LogP contribution < -0.4 is 4.90 Å². The Morgan fingerprint density at radius 3 is 2.88 bits per heavy atom. The van der Waals surface area contributed by atoms with Gasteiger partial charge in [-0.3, -0.25) is 4.79 Å². The molecule has 3 aromatic rings. The maximum Gasteiger partial charge on any atom is 0.258 e. The summed E-state index contributed by atoms with van der Waals surface area (Å²) in [6.07, 6.45) is 4.69. The van der Waals surface area contributed by atoms with Gasteiger partial charge in [0.25, 0.3) is 5.91 Å². The van der Waals surface area contributed by atoms with E-state index in [2.05, 4.69) is 10.1 Å². The minimum absolute atomic E-state index is 0.173. The summed E-state index contributed by atoms with van der Waals surface area (Å²) in [5, 5.41) is 4.09. The molecular weight excluding hydrogens is 319 g/mol. The first-order valence-electron chi connectivity index (χ1n) is 8.20. The molecule has 0 saturated heterocycles. The Morgan fingerprint density at radius 1 is 1.24 bits per heavy atom. The first kappa shape index (κ1) is 15.5. The minimum atomic E-state index is -0.345. The Morgan fingerprint density at radius 2 is 2.12 bits per heavy atom. The maximum atomic E-state index is 14.3. The third kappa shape index (κ3) is 2.69. The molecule has 2 heterocycles. The monoisotopic (exact) mass is 336 g/mol. The van der Waals surface area contributed by atoms with Gasteiger partial charge in [-0.05, 0) is 55.2 Å². The van der Waals surface area contributed by atoms with Crippen molar-refractivity contribution in [1.82, 2.24) is 14.8 Å². The van der Waals surface area contributed by atoms with Crippen LogP contribution in [0.5, 0.6) is 0 Å². The Hall–Kier alpha value is -3.02. The largest absolute Gasteiger partial charge is 0.305 e. The van der Waals surface area contributed by atoms with Crippen molar-refractivity contribution in [2.75, 3.05) is 11.4 Å². The number of fused-ring (bicyclic) bond motifs is 1. The van der Waals surface area contributed by atoms with Gasteiger partial charge in [-0.1, -0.05) is 12.1 Å². The van der Waals surface area contributed by atoms with Crippen molar-refractivity contribution in [2.24, 2.45) is 0 Å². The van der Waals surface area contributed by atoms with Crippen molar-refractivity contribution in [3.63, 3.8) is 0 Å². The van der Waals surface area contributed by atoms with E-state index in [1.165, 1.54) is 12.4 Å². The van der Waals surface area contributed by atoms with Gasteiger partial charge in [-0.2, -0.15) is 5.10 Å². The van der Waals surface area contributed by atoms with Crippen LogP contribution in [0.3, 0.4) is 0 Å². The molecule has 5 nitrogen and oxygen atoms in total.